The van der Waals surface area contributed by atoms with E-state index in [1.54, 1.807) is 29.9 Å². The predicted octanol–water partition coefficient (Wildman–Crippen LogP) is 2.06. The van der Waals surface area contributed by atoms with Crippen LogP contribution in [0.1, 0.15) is 21.9 Å². The van der Waals surface area contributed by atoms with Crippen LogP contribution in [0, 0.1) is 6.92 Å². The quantitative estimate of drug-likeness (QED) is 0.593. The summed E-state index contributed by atoms with van der Waals surface area (Å²) in [4.78, 5) is 20.6. The van der Waals surface area contributed by atoms with Gasteiger partial charge in [-0.3, -0.25) is 9.78 Å². The van der Waals surface area contributed by atoms with E-state index >= 15 is 0 Å². The van der Waals surface area contributed by atoms with Crippen molar-refractivity contribution in [2.75, 3.05) is 6.54 Å². The summed E-state index contributed by atoms with van der Waals surface area (Å²) < 4.78 is 6.66. The van der Waals surface area contributed by atoms with Gasteiger partial charge >= 0.3 is 0 Å². The van der Waals surface area contributed by atoms with Gasteiger partial charge in [0.25, 0.3) is 5.91 Å². The number of pyridine rings is 1. The standard InChI is InChI=1S/C18H16N6O2/c1-12-10-16(26-23-12)18(25)20-8-4-14-11-17-21-15(5-9-24(17)22-14)13-2-6-19-7-3-13/h2-3,5-7,9-11H,4,8H2,1H3,(H,20,25). The number of amides is 1. The molecule has 0 spiro atoms. The summed E-state index contributed by atoms with van der Waals surface area (Å²) in [5.41, 5.74) is 4.14. The molecule has 8 nitrogen and oxygen atoms in total. The molecule has 0 saturated carbocycles. The topological polar surface area (TPSA) is 98.2 Å². The van der Waals surface area contributed by atoms with Gasteiger partial charge in [0.2, 0.25) is 5.76 Å². The number of carbonyl (C=O) groups excluding carboxylic acids is 1. The molecule has 0 bridgehead atoms. The fraction of sp³-hybridized carbons (Fsp3) is 0.167. The van der Waals surface area contributed by atoms with E-state index < -0.39 is 0 Å². The highest BCUT2D eigenvalue weighted by molar-refractivity contribution is 5.91. The van der Waals surface area contributed by atoms with Crippen molar-refractivity contribution in [1.82, 2.24) is 30.1 Å². The van der Waals surface area contributed by atoms with E-state index in [4.69, 9.17) is 4.52 Å². The molecule has 8 heteroatoms. The Morgan fingerprint density at radius 3 is 2.85 bits per heavy atom. The molecule has 0 aliphatic rings. The first kappa shape index (κ1) is 15.9. The number of aryl methyl sites for hydroxylation is 1. The molecule has 4 rings (SSSR count). The first-order chi connectivity index (χ1) is 12.7. The highest BCUT2D eigenvalue weighted by atomic mass is 16.5. The number of nitrogens with one attached hydrogen (secondary N) is 1. The van der Waals surface area contributed by atoms with Crippen molar-refractivity contribution in [3.8, 4) is 11.3 Å². The van der Waals surface area contributed by atoms with Crippen molar-refractivity contribution in [3.05, 3.63) is 66.1 Å². The molecule has 1 amide bonds. The minimum atomic E-state index is -0.285. The van der Waals surface area contributed by atoms with Gasteiger partial charge < -0.3 is 9.84 Å². The normalized spacial score (nSPS) is 11.0. The van der Waals surface area contributed by atoms with Crippen molar-refractivity contribution in [2.24, 2.45) is 0 Å². The van der Waals surface area contributed by atoms with Gasteiger partial charge in [-0.1, -0.05) is 5.16 Å². The Kier molecular flexibility index (Phi) is 4.14. The zero-order valence-corrected chi connectivity index (χ0v) is 14.1. The van der Waals surface area contributed by atoms with Gasteiger partial charge in [-0.15, -0.1) is 0 Å². The summed E-state index contributed by atoms with van der Waals surface area (Å²) in [7, 11) is 0. The Morgan fingerprint density at radius 1 is 1.23 bits per heavy atom. The minimum absolute atomic E-state index is 0.209. The third-order valence-corrected chi connectivity index (χ3v) is 3.87. The van der Waals surface area contributed by atoms with Gasteiger partial charge in [-0.05, 0) is 25.1 Å². The Balaban J connectivity index is 1.43. The number of fused-ring (bicyclic) bond motifs is 1. The smallest absolute Gasteiger partial charge is 0.289 e. The number of carbonyl (C=O) groups is 1. The van der Waals surface area contributed by atoms with Crippen LogP contribution in [0.15, 0.2) is 53.4 Å². The SMILES string of the molecule is Cc1cc(C(=O)NCCc2cc3nc(-c4ccncc4)ccn3n2)on1. The van der Waals surface area contributed by atoms with E-state index in [1.807, 2.05) is 30.5 Å². The predicted molar refractivity (Wildman–Crippen MR) is 93.5 cm³/mol. The molecule has 0 aliphatic carbocycles. The van der Waals surface area contributed by atoms with Crippen LogP contribution in [-0.2, 0) is 6.42 Å². The Hall–Kier alpha value is -3.55. The summed E-state index contributed by atoms with van der Waals surface area (Å²) in [5.74, 6) is -0.0753. The summed E-state index contributed by atoms with van der Waals surface area (Å²) in [6.07, 6.45) is 5.94. The Bertz CT molecular complexity index is 1050. The molecule has 0 unspecified atom stereocenters. The maximum absolute atomic E-state index is 11.9. The maximum Gasteiger partial charge on any atom is 0.289 e. The van der Waals surface area contributed by atoms with Crippen LogP contribution in [0.5, 0.6) is 0 Å². The number of rotatable bonds is 5. The Labute approximate surface area is 148 Å². The summed E-state index contributed by atoms with van der Waals surface area (Å²) >= 11 is 0. The minimum Gasteiger partial charge on any atom is -0.351 e. The molecule has 0 radical (unpaired) electrons. The van der Waals surface area contributed by atoms with Crippen molar-refractivity contribution >= 4 is 11.6 Å². The molecular formula is C18H16N6O2. The lowest BCUT2D eigenvalue weighted by Gasteiger charge is -2.00. The number of hydrogen-bond acceptors (Lipinski definition) is 6. The summed E-state index contributed by atoms with van der Waals surface area (Å²) in [5, 5.41) is 11.0. The highest BCUT2D eigenvalue weighted by Crippen LogP contribution is 2.16. The lowest BCUT2D eigenvalue weighted by Crippen LogP contribution is -2.25. The Morgan fingerprint density at radius 2 is 2.08 bits per heavy atom. The number of hydrogen-bond donors (Lipinski definition) is 1. The van der Waals surface area contributed by atoms with Crippen LogP contribution in [-0.4, -0.2) is 37.2 Å². The van der Waals surface area contributed by atoms with Crippen LogP contribution in [0.4, 0.5) is 0 Å². The van der Waals surface area contributed by atoms with Gasteiger partial charge in [-0.25, -0.2) is 9.50 Å². The second-order valence-electron chi connectivity index (χ2n) is 5.83. The lowest BCUT2D eigenvalue weighted by molar-refractivity contribution is 0.0917. The van der Waals surface area contributed by atoms with Crippen molar-refractivity contribution in [1.29, 1.82) is 0 Å². The number of aromatic nitrogens is 5. The van der Waals surface area contributed by atoms with Gasteiger partial charge in [0.05, 0.1) is 17.1 Å². The third-order valence-electron chi connectivity index (χ3n) is 3.87. The van der Waals surface area contributed by atoms with Crippen LogP contribution < -0.4 is 5.32 Å². The molecule has 4 heterocycles. The molecule has 130 valence electrons. The largest absolute Gasteiger partial charge is 0.351 e. The van der Waals surface area contributed by atoms with E-state index in [1.165, 1.54) is 0 Å². The van der Waals surface area contributed by atoms with Crippen molar-refractivity contribution < 1.29 is 9.32 Å². The van der Waals surface area contributed by atoms with Crippen LogP contribution in [0.25, 0.3) is 16.9 Å². The third kappa shape index (κ3) is 3.30. The van der Waals surface area contributed by atoms with Crippen LogP contribution in [0.3, 0.4) is 0 Å². The molecule has 4 aromatic rings. The second-order valence-corrected chi connectivity index (χ2v) is 5.83. The van der Waals surface area contributed by atoms with Gasteiger partial charge in [0.1, 0.15) is 0 Å². The summed E-state index contributed by atoms with van der Waals surface area (Å²) in [6, 6.07) is 9.25. The van der Waals surface area contributed by atoms with Gasteiger partial charge in [0, 0.05) is 49.3 Å². The van der Waals surface area contributed by atoms with E-state index in [0.29, 0.717) is 18.7 Å². The average Bonchev–Trinajstić information content (AvgIpc) is 3.27. The molecule has 0 fully saturated rings. The summed E-state index contributed by atoms with van der Waals surface area (Å²) in [6.45, 7) is 2.21. The molecule has 0 aromatic carbocycles. The molecule has 0 atom stereocenters. The molecule has 26 heavy (non-hydrogen) atoms. The second kappa shape index (κ2) is 6.75. The average molecular weight is 348 g/mol. The van der Waals surface area contributed by atoms with E-state index in [9.17, 15) is 4.79 Å². The zero-order valence-electron chi connectivity index (χ0n) is 14.1. The molecule has 4 aromatic heterocycles. The molecule has 0 saturated heterocycles. The van der Waals surface area contributed by atoms with Crippen LogP contribution >= 0.6 is 0 Å². The van der Waals surface area contributed by atoms with Gasteiger partial charge in [-0.2, -0.15) is 5.10 Å². The number of nitrogens with zero attached hydrogens (tertiary/aromatic N) is 5. The van der Waals surface area contributed by atoms with E-state index in [0.717, 1.165) is 22.6 Å². The first-order valence-electron chi connectivity index (χ1n) is 8.16. The van der Waals surface area contributed by atoms with Crippen LogP contribution in [0.2, 0.25) is 0 Å². The monoisotopic (exact) mass is 348 g/mol. The fourth-order valence-electron chi connectivity index (χ4n) is 2.60. The van der Waals surface area contributed by atoms with Gasteiger partial charge in [0.15, 0.2) is 5.65 Å². The molecule has 1 N–H and O–H groups in total. The van der Waals surface area contributed by atoms with Crippen molar-refractivity contribution in [2.45, 2.75) is 13.3 Å². The van der Waals surface area contributed by atoms with E-state index in [2.05, 4.69) is 25.5 Å². The lowest BCUT2D eigenvalue weighted by atomic mass is 10.2. The first-order valence-corrected chi connectivity index (χ1v) is 8.16. The molecular weight excluding hydrogens is 332 g/mol. The molecule has 0 aliphatic heterocycles. The zero-order chi connectivity index (χ0) is 17.9. The highest BCUT2D eigenvalue weighted by Gasteiger charge is 2.11. The van der Waals surface area contributed by atoms with E-state index in [-0.39, 0.29) is 11.7 Å². The maximum atomic E-state index is 11.9. The fourth-order valence-corrected chi connectivity index (χ4v) is 2.60. The van der Waals surface area contributed by atoms with Crippen molar-refractivity contribution in [3.63, 3.8) is 0 Å².